The van der Waals surface area contributed by atoms with E-state index in [1.807, 2.05) is 13.8 Å². The van der Waals surface area contributed by atoms with Crippen LogP contribution in [0.25, 0.3) is 0 Å². The third-order valence-electron chi connectivity index (χ3n) is 9.40. The van der Waals surface area contributed by atoms with Gasteiger partial charge in [0.15, 0.2) is 11.3 Å². The summed E-state index contributed by atoms with van der Waals surface area (Å²) >= 11 is 0. The highest BCUT2D eigenvalue weighted by molar-refractivity contribution is 5.99. The molecular formula is C35H44F2N4O8. The minimum atomic E-state index is -1.00. The van der Waals surface area contributed by atoms with E-state index in [0.29, 0.717) is 37.7 Å². The van der Waals surface area contributed by atoms with Crippen molar-refractivity contribution in [3.8, 4) is 5.75 Å². The number of oxime groups is 1. The number of carbonyl (C=O) groups is 3. The molecular weight excluding hydrogens is 642 g/mol. The number of pyridine rings is 1. The molecule has 4 heterocycles. The molecule has 5 rings (SSSR count). The Morgan fingerprint density at radius 1 is 1.14 bits per heavy atom. The molecule has 2 aromatic rings. The summed E-state index contributed by atoms with van der Waals surface area (Å²) in [5.74, 6) is -2.86. The summed E-state index contributed by atoms with van der Waals surface area (Å²) in [6, 6.07) is 2.16. The van der Waals surface area contributed by atoms with Gasteiger partial charge in [0.1, 0.15) is 17.2 Å². The van der Waals surface area contributed by atoms with Gasteiger partial charge in [-0.05, 0) is 45.1 Å². The van der Waals surface area contributed by atoms with Gasteiger partial charge >= 0.3 is 6.16 Å². The first-order chi connectivity index (χ1) is 23.4. The van der Waals surface area contributed by atoms with Gasteiger partial charge in [-0.1, -0.05) is 50.8 Å². The molecule has 1 spiro atoms. The van der Waals surface area contributed by atoms with Gasteiger partial charge in [-0.3, -0.25) is 14.4 Å². The zero-order valence-electron chi connectivity index (χ0n) is 28.4. The van der Waals surface area contributed by atoms with E-state index < -0.39 is 64.8 Å². The first-order valence-electron chi connectivity index (χ1n) is 16.9. The minimum absolute atomic E-state index is 0.00117. The zero-order chi connectivity index (χ0) is 35.3. The maximum absolute atomic E-state index is 14.3. The number of unbranched alkanes of at least 4 members (excludes halogenated alkanes) is 3. The van der Waals surface area contributed by atoms with Crippen molar-refractivity contribution >= 4 is 23.7 Å². The van der Waals surface area contributed by atoms with Gasteiger partial charge in [0.25, 0.3) is 11.8 Å². The van der Waals surface area contributed by atoms with Gasteiger partial charge in [-0.2, -0.15) is 0 Å². The van der Waals surface area contributed by atoms with E-state index >= 15 is 0 Å². The number of ether oxygens (including phenoxy) is 3. The SMILES string of the molecule is CC1=NO[C@@]2(CC[C@H](C)N3C[C@H]2n2cc(C(=O)NCc4ccc(F)cc4F)c(=O)c(OCOC(=O)OCCCCCCC(C)C)c2C3=O)C1. The van der Waals surface area contributed by atoms with Crippen LogP contribution in [-0.4, -0.2) is 64.7 Å². The molecule has 14 heteroatoms. The summed E-state index contributed by atoms with van der Waals surface area (Å²) in [6.45, 7) is 7.36. The highest BCUT2D eigenvalue weighted by Gasteiger charge is 2.54. The molecule has 12 nitrogen and oxygen atoms in total. The third kappa shape index (κ3) is 8.05. The fourth-order valence-electron chi connectivity index (χ4n) is 6.68. The summed E-state index contributed by atoms with van der Waals surface area (Å²) in [7, 11) is 0. The monoisotopic (exact) mass is 686 g/mol. The molecule has 266 valence electrons. The normalized spacial score (nSPS) is 21.2. The van der Waals surface area contributed by atoms with Crippen molar-refractivity contribution in [3.63, 3.8) is 0 Å². The average molecular weight is 687 g/mol. The number of nitrogens with zero attached hydrogens (tertiary/aromatic N) is 3. The smallest absolute Gasteiger partial charge is 0.451 e. The number of benzene rings is 1. The molecule has 1 saturated heterocycles. The molecule has 2 bridgehead atoms. The number of hydrogen-bond donors (Lipinski definition) is 1. The Morgan fingerprint density at radius 2 is 1.92 bits per heavy atom. The number of fused-ring (bicyclic) bond motifs is 5. The Bertz CT molecular complexity index is 1660. The number of rotatable bonds is 13. The molecule has 1 aromatic heterocycles. The van der Waals surface area contributed by atoms with Crippen LogP contribution >= 0.6 is 0 Å². The van der Waals surface area contributed by atoms with Gasteiger partial charge in [-0.25, -0.2) is 13.6 Å². The highest BCUT2D eigenvalue weighted by Crippen LogP contribution is 2.46. The van der Waals surface area contributed by atoms with Crippen molar-refractivity contribution < 1.29 is 42.2 Å². The van der Waals surface area contributed by atoms with Crippen LogP contribution in [0.15, 0.2) is 34.3 Å². The Morgan fingerprint density at radius 3 is 2.63 bits per heavy atom. The molecule has 1 fully saturated rings. The van der Waals surface area contributed by atoms with Crippen molar-refractivity contribution in [2.75, 3.05) is 19.9 Å². The topological polar surface area (TPSA) is 138 Å². The predicted molar refractivity (Wildman–Crippen MR) is 174 cm³/mol. The molecule has 3 aliphatic heterocycles. The molecule has 1 aromatic carbocycles. The maximum Gasteiger partial charge on any atom is 0.511 e. The second-order valence-corrected chi connectivity index (χ2v) is 13.5. The first-order valence-corrected chi connectivity index (χ1v) is 16.9. The molecule has 3 atom stereocenters. The van der Waals surface area contributed by atoms with Gasteiger partial charge in [0.2, 0.25) is 18.0 Å². The Kier molecular flexibility index (Phi) is 11.2. The number of halogens is 2. The van der Waals surface area contributed by atoms with E-state index in [1.54, 1.807) is 4.90 Å². The predicted octanol–water partition coefficient (Wildman–Crippen LogP) is 5.87. The van der Waals surface area contributed by atoms with Crippen LogP contribution in [0.5, 0.6) is 5.75 Å². The number of nitrogens with one attached hydrogen (secondary N) is 1. The number of hydrogen-bond acceptors (Lipinski definition) is 9. The van der Waals surface area contributed by atoms with Crippen molar-refractivity contribution in [1.29, 1.82) is 0 Å². The van der Waals surface area contributed by atoms with Gasteiger partial charge in [0, 0.05) is 43.4 Å². The fourth-order valence-corrected chi connectivity index (χ4v) is 6.68. The lowest BCUT2D eigenvalue weighted by Gasteiger charge is -2.42. The van der Waals surface area contributed by atoms with E-state index in [9.17, 15) is 28.0 Å². The molecule has 0 radical (unpaired) electrons. The van der Waals surface area contributed by atoms with E-state index in [1.165, 1.54) is 16.8 Å². The van der Waals surface area contributed by atoms with E-state index in [0.717, 1.165) is 37.5 Å². The van der Waals surface area contributed by atoms with E-state index in [4.69, 9.17) is 19.0 Å². The van der Waals surface area contributed by atoms with Crippen molar-refractivity contribution in [3.05, 3.63) is 63.1 Å². The second kappa shape index (κ2) is 15.4. The average Bonchev–Trinajstić information content (AvgIpc) is 3.38. The van der Waals surface area contributed by atoms with Crippen LogP contribution in [-0.2, 0) is 20.9 Å². The Labute approximate surface area is 283 Å². The fraction of sp³-hybridized carbons (Fsp3) is 0.571. The van der Waals surface area contributed by atoms with Crippen LogP contribution < -0.4 is 15.5 Å². The summed E-state index contributed by atoms with van der Waals surface area (Å²) < 4.78 is 45.2. The highest BCUT2D eigenvalue weighted by atomic mass is 19.1. The molecule has 0 aliphatic carbocycles. The maximum atomic E-state index is 14.3. The van der Waals surface area contributed by atoms with Crippen LogP contribution in [0.1, 0.15) is 112 Å². The second-order valence-electron chi connectivity index (χ2n) is 13.5. The molecule has 1 N–H and O–H groups in total. The van der Waals surface area contributed by atoms with Gasteiger partial charge < -0.3 is 33.8 Å². The van der Waals surface area contributed by atoms with E-state index in [-0.39, 0.29) is 37.0 Å². The Hall–Kier alpha value is -4.49. The lowest BCUT2D eigenvalue weighted by Crippen LogP contribution is -2.52. The van der Waals surface area contributed by atoms with E-state index in [2.05, 4.69) is 24.3 Å². The summed E-state index contributed by atoms with van der Waals surface area (Å²) in [6.07, 6.45) is 6.72. The van der Waals surface area contributed by atoms with Crippen molar-refractivity contribution in [2.45, 2.75) is 103 Å². The summed E-state index contributed by atoms with van der Waals surface area (Å²) in [5, 5.41) is 6.71. The summed E-state index contributed by atoms with van der Waals surface area (Å²) in [5.41, 5.74) is -1.56. The molecule has 49 heavy (non-hydrogen) atoms. The van der Waals surface area contributed by atoms with Crippen LogP contribution in [0.2, 0.25) is 0 Å². The third-order valence-corrected chi connectivity index (χ3v) is 9.40. The zero-order valence-corrected chi connectivity index (χ0v) is 28.4. The minimum Gasteiger partial charge on any atom is -0.451 e. The summed E-state index contributed by atoms with van der Waals surface area (Å²) in [4.78, 5) is 61.4. The lowest BCUT2D eigenvalue weighted by atomic mass is 9.84. The molecule has 0 unspecified atom stereocenters. The Balaban J connectivity index is 1.39. The van der Waals surface area contributed by atoms with Crippen LogP contribution in [0.4, 0.5) is 13.6 Å². The lowest BCUT2D eigenvalue weighted by molar-refractivity contribution is -0.0658. The molecule has 0 saturated carbocycles. The first kappa shape index (κ1) is 35.8. The largest absolute Gasteiger partial charge is 0.511 e. The number of carbonyl (C=O) groups excluding carboxylic acids is 3. The van der Waals surface area contributed by atoms with Crippen LogP contribution in [0, 0.1) is 17.6 Å². The number of aromatic nitrogens is 1. The van der Waals surface area contributed by atoms with Crippen molar-refractivity contribution in [2.24, 2.45) is 11.1 Å². The molecule has 3 aliphatic rings. The van der Waals surface area contributed by atoms with Gasteiger partial charge in [-0.15, -0.1) is 0 Å². The van der Waals surface area contributed by atoms with Crippen molar-refractivity contribution in [1.82, 2.24) is 14.8 Å². The standard InChI is InChI=1S/C35H44F2N4O8/c1-21(2)9-7-5-6-8-14-46-34(45)48-20-47-31-29-33(44)40-19-28(35(13-12-23(40)4)16-22(3)39-49-35)41(29)18-26(30(31)42)32(43)38-17-24-10-11-25(36)15-27(24)37/h10-11,15,18,21,23,28H,5-9,12-14,16-17,19-20H2,1-4H3,(H,38,43)/t23-,28+,35-/m0/s1. The van der Waals surface area contributed by atoms with Gasteiger partial charge in [0.05, 0.1) is 18.4 Å². The molecule has 2 amide bonds. The van der Waals surface area contributed by atoms with Crippen LogP contribution in [0.3, 0.4) is 0 Å². The quantitative estimate of drug-likeness (QED) is 0.157. The number of amides is 2.